The Balaban J connectivity index is 1.42. The Kier molecular flexibility index (Phi) is 14.6. The molecule has 22 nitrogen and oxygen atoms in total. The lowest BCUT2D eigenvalue weighted by Crippen LogP contribution is -2.67. The van der Waals surface area contributed by atoms with Crippen LogP contribution in [0.4, 0.5) is 0 Å². The summed E-state index contributed by atoms with van der Waals surface area (Å²) in [6.07, 6.45) is -34.3. The van der Waals surface area contributed by atoms with Crippen LogP contribution in [0.5, 0.6) is 0 Å². The standard InChI is InChI=1S/C26H47NO21/c27-1-2-41-23-17(38)13(34)20(8(4-29)43-23)47-25-19(40)15(36)22(10(6-31)45-25)48-26-18(39)14(35)21(9(5-30)44-26)46-24-16(37)12(33)11(32)7(3-28)42-24/h7-26,28-40H,1-6,27H2/t7-,8-,9-,10-,11-,12+,13-,14-,15-,16-,17-,18-,19-,20+,21-,22-,23+,24+,25-,26+/m1/s1. The smallest absolute Gasteiger partial charge is 0.187 e. The summed E-state index contributed by atoms with van der Waals surface area (Å²) in [5.41, 5.74) is 5.38. The molecule has 0 aromatic rings. The van der Waals surface area contributed by atoms with Gasteiger partial charge in [-0.25, -0.2) is 0 Å². The topological polar surface area (TPSA) is 363 Å². The molecule has 0 aromatic heterocycles. The van der Waals surface area contributed by atoms with Crippen molar-refractivity contribution < 1.29 is 104 Å². The van der Waals surface area contributed by atoms with E-state index in [0.717, 1.165) is 0 Å². The lowest BCUT2D eigenvalue weighted by molar-refractivity contribution is -0.388. The third-order valence-electron chi connectivity index (χ3n) is 8.58. The van der Waals surface area contributed by atoms with Crippen molar-refractivity contribution in [2.24, 2.45) is 5.73 Å². The normalized spacial score (nSPS) is 50.4. The van der Waals surface area contributed by atoms with Gasteiger partial charge in [0.2, 0.25) is 0 Å². The predicted octanol–water partition coefficient (Wildman–Crippen LogP) is -9.77. The molecular formula is C26H47NO21. The van der Waals surface area contributed by atoms with Gasteiger partial charge in [0.05, 0.1) is 33.0 Å². The van der Waals surface area contributed by atoms with E-state index < -0.39 is 149 Å². The van der Waals surface area contributed by atoms with Crippen LogP contribution < -0.4 is 5.73 Å². The number of hydrogen-bond donors (Lipinski definition) is 14. The lowest BCUT2D eigenvalue weighted by Gasteiger charge is -2.49. The molecule has 4 fully saturated rings. The van der Waals surface area contributed by atoms with Crippen molar-refractivity contribution in [3.63, 3.8) is 0 Å². The SMILES string of the molecule is NCCO[C@H]1O[C@H](CO)[C@H](O[C@H]2O[C@H](CO)[C@@H](O[C@@H]3O[C@H](CO)[C@@H](O[C@@H]4O[C@H](CO)[C@@H](O)[C@H](O)[C@H]4O)[C@H](O)[C@H]3O)[C@H](O)[C@H]2O)[C@H](O)[C@H]1O. The van der Waals surface area contributed by atoms with E-state index in [0.29, 0.717) is 0 Å². The highest BCUT2D eigenvalue weighted by Gasteiger charge is 2.55. The number of aliphatic hydroxyl groups excluding tert-OH is 13. The van der Waals surface area contributed by atoms with Gasteiger partial charge in [0, 0.05) is 6.54 Å². The predicted molar refractivity (Wildman–Crippen MR) is 147 cm³/mol. The second kappa shape index (κ2) is 17.6. The van der Waals surface area contributed by atoms with E-state index in [4.69, 9.17) is 43.6 Å². The van der Waals surface area contributed by atoms with Gasteiger partial charge in [0.1, 0.15) is 97.7 Å². The van der Waals surface area contributed by atoms with Crippen LogP contribution in [0, 0.1) is 0 Å². The fourth-order valence-corrected chi connectivity index (χ4v) is 5.85. The highest BCUT2D eigenvalue weighted by atomic mass is 16.8. The molecule has 0 aliphatic carbocycles. The molecule has 15 N–H and O–H groups in total. The second-order valence-electron chi connectivity index (χ2n) is 11.8. The van der Waals surface area contributed by atoms with E-state index in [1.54, 1.807) is 0 Å². The monoisotopic (exact) mass is 709 g/mol. The molecule has 0 unspecified atom stereocenters. The summed E-state index contributed by atoms with van der Waals surface area (Å²) in [5.74, 6) is 0. The Morgan fingerprint density at radius 2 is 0.708 bits per heavy atom. The summed E-state index contributed by atoms with van der Waals surface area (Å²) in [6, 6.07) is 0. The van der Waals surface area contributed by atoms with Crippen molar-refractivity contribution in [3.8, 4) is 0 Å². The van der Waals surface area contributed by atoms with Gasteiger partial charge in [-0.1, -0.05) is 0 Å². The zero-order chi connectivity index (χ0) is 35.4. The van der Waals surface area contributed by atoms with Crippen LogP contribution in [0.25, 0.3) is 0 Å². The molecule has 22 heteroatoms. The molecule has 0 radical (unpaired) electrons. The first kappa shape index (κ1) is 39.9. The van der Waals surface area contributed by atoms with Crippen LogP contribution in [0.15, 0.2) is 0 Å². The molecule has 0 aromatic carbocycles. The van der Waals surface area contributed by atoms with Crippen LogP contribution in [0.1, 0.15) is 0 Å². The largest absolute Gasteiger partial charge is 0.394 e. The van der Waals surface area contributed by atoms with Gasteiger partial charge in [-0.3, -0.25) is 0 Å². The number of ether oxygens (including phenoxy) is 8. The molecule has 4 heterocycles. The maximum atomic E-state index is 11.0. The Labute approximate surface area is 272 Å². The van der Waals surface area contributed by atoms with Crippen LogP contribution in [-0.2, 0) is 37.9 Å². The van der Waals surface area contributed by atoms with Crippen LogP contribution in [0.3, 0.4) is 0 Å². The minimum atomic E-state index is -2.02. The Morgan fingerprint density at radius 3 is 1.06 bits per heavy atom. The number of aliphatic hydroxyl groups is 13. The molecule has 48 heavy (non-hydrogen) atoms. The van der Waals surface area contributed by atoms with Crippen molar-refractivity contribution in [1.82, 2.24) is 0 Å². The minimum Gasteiger partial charge on any atom is -0.394 e. The molecule has 0 saturated carbocycles. The van der Waals surface area contributed by atoms with E-state index in [-0.39, 0.29) is 13.2 Å². The zero-order valence-electron chi connectivity index (χ0n) is 25.4. The van der Waals surface area contributed by atoms with Gasteiger partial charge in [-0.05, 0) is 0 Å². The van der Waals surface area contributed by atoms with Crippen LogP contribution in [0.2, 0.25) is 0 Å². The highest BCUT2D eigenvalue weighted by Crippen LogP contribution is 2.34. The van der Waals surface area contributed by atoms with Crippen molar-refractivity contribution in [2.45, 2.75) is 123 Å². The summed E-state index contributed by atoms with van der Waals surface area (Å²) < 4.78 is 43.7. The number of hydrogen-bond acceptors (Lipinski definition) is 22. The van der Waals surface area contributed by atoms with Gasteiger partial charge in [0.25, 0.3) is 0 Å². The molecule has 0 spiro atoms. The first-order valence-corrected chi connectivity index (χ1v) is 15.3. The van der Waals surface area contributed by atoms with Crippen molar-refractivity contribution in [2.75, 3.05) is 39.6 Å². The third kappa shape index (κ3) is 8.26. The third-order valence-corrected chi connectivity index (χ3v) is 8.58. The minimum absolute atomic E-state index is 0.0459. The maximum absolute atomic E-state index is 11.0. The molecule has 20 atom stereocenters. The van der Waals surface area contributed by atoms with Crippen molar-refractivity contribution >= 4 is 0 Å². The number of rotatable bonds is 13. The fourth-order valence-electron chi connectivity index (χ4n) is 5.85. The molecule has 0 bridgehead atoms. The summed E-state index contributed by atoms with van der Waals surface area (Å²) in [4.78, 5) is 0. The Morgan fingerprint density at radius 1 is 0.396 bits per heavy atom. The van der Waals surface area contributed by atoms with E-state index in [2.05, 4.69) is 0 Å². The average molecular weight is 710 g/mol. The molecule has 4 saturated heterocycles. The zero-order valence-corrected chi connectivity index (χ0v) is 25.4. The summed E-state index contributed by atoms with van der Waals surface area (Å²) >= 11 is 0. The Hall–Kier alpha value is -0.880. The van der Waals surface area contributed by atoms with Gasteiger partial charge in [0.15, 0.2) is 25.2 Å². The van der Waals surface area contributed by atoms with E-state index in [1.165, 1.54) is 0 Å². The maximum Gasteiger partial charge on any atom is 0.187 e. The van der Waals surface area contributed by atoms with Gasteiger partial charge >= 0.3 is 0 Å². The summed E-state index contributed by atoms with van der Waals surface area (Å²) in [5, 5.41) is 134. The van der Waals surface area contributed by atoms with Crippen LogP contribution in [-0.4, -0.2) is 229 Å². The molecule has 4 aliphatic rings. The van der Waals surface area contributed by atoms with Gasteiger partial charge in [-0.15, -0.1) is 0 Å². The molecule has 282 valence electrons. The summed E-state index contributed by atoms with van der Waals surface area (Å²) in [7, 11) is 0. The van der Waals surface area contributed by atoms with E-state index >= 15 is 0 Å². The summed E-state index contributed by atoms with van der Waals surface area (Å²) in [6.45, 7) is -3.29. The quantitative estimate of drug-likeness (QED) is 0.0844. The number of nitrogens with two attached hydrogens (primary N) is 1. The molecular weight excluding hydrogens is 662 g/mol. The van der Waals surface area contributed by atoms with Crippen molar-refractivity contribution in [1.29, 1.82) is 0 Å². The van der Waals surface area contributed by atoms with E-state index in [9.17, 15) is 66.4 Å². The fraction of sp³-hybridized carbons (Fsp3) is 1.00. The first-order valence-electron chi connectivity index (χ1n) is 15.3. The Bertz CT molecular complexity index is 965. The lowest BCUT2D eigenvalue weighted by atomic mass is 9.95. The van der Waals surface area contributed by atoms with E-state index in [1.807, 2.05) is 0 Å². The van der Waals surface area contributed by atoms with Crippen molar-refractivity contribution in [3.05, 3.63) is 0 Å². The first-order chi connectivity index (χ1) is 22.8. The molecule has 0 amide bonds. The molecule has 4 aliphatic heterocycles. The average Bonchev–Trinajstić information content (AvgIpc) is 3.08. The van der Waals surface area contributed by atoms with Gasteiger partial charge in [-0.2, -0.15) is 0 Å². The second-order valence-corrected chi connectivity index (χ2v) is 11.8. The van der Waals surface area contributed by atoms with Crippen LogP contribution >= 0.6 is 0 Å². The molecule has 4 rings (SSSR count). The highest BCUT2D eigenvalue weighted by molar-refractivity contribution is 4.97. The van der Waals surface area contributed by atoms with Gasteiger partial charge < -0.3 is 110 Å².